The lowest BCUT2D eigenvalue weighted by molar-refractivity contribution is 0.110. The smallest absolute Gasteiger partial charge is 0.264 e. The van der Waals surface area contributed by atoms with Crippen LogP contribution in [0.25, 0.3) is 0 Å². The Labute approximate surface area is 163 Å². The molecule has 0 saturated heterocycles. The van der Waals surface area contributed by atoms with Gasteiger partial charge in [0.25, 0.3) is 20.2 Å². The number of hydrogen-bond donors (Lipinski definition) is 2. The Kier molecular flexibility index (Phi) is 9.52. The molecule has 0 radical (unpaired) electrons. The van der Waals surface area contributed by atoms with Crippen molar-refractivity contribution in [3.05, 3.63) is 23.3 Å². The third-order valence-corrected chi connectivity index (χ3v) is 5.11. The average Bonchev–Trinajstić information content (AvgIpc) is 2.59. The molecule has 0 heterocycles. The molecule has 0 amide bonds. The summed E-state index contributed by atoms with van der Waals surface area (Å²) in [6, 6.07) is 2.63. The van der Waals surface area contributed by atoms with Gasteiger partial charge in [0.15, 0.2) is 12.6 Å². The van der Waals surface area contributed by atoms with Crippen molar-refractivity contribution < 1.29 is 45.0 Å². The SMILES string of the molecule is O=Cc1cc(OCCCCS(=O)(=O)O)c(C=O)cc1OCCCCS(=O)(=O)O. The first-order chi connectivity index (χ1) is 13.1. The lowest BCUT2D eigenvalue weighted by Crippen LogP contribution is -2.08. The zero-order valence-corrected chi connectivity index (χ0v) is 16.6. The van der Waals surface area contributed by atoms with Crippen molar-refractivity contribution in [1.82, 2.24) is 0 Å². The Morgan fingerprint density at radius 3 is 1.36 bits per heavy atom. The van der Waals surface area contributed by atoms with E-state index >= 15 is 0 Å². The lowest BCUT2D eigenvalue weighted by atomic mass is 10.1. The van der Waals surface area contributed by atoms with E-state index in [-0.39, 0.29) is 48.7 Å². The van der Waals surface area contributed by atoms with Gasteiger partial charge in [0.2, 0.25) is 0 Å². The Bertz CT molecular complexity index is 801. The largest absolute Gasteiger partial charge is 0.493 e. The van der Waals surface area contributed by atoms with Crippen LogP contribution >= 0.6 is 0 Å². The molecular formula is C16H22O10S2. The molecule has 0 saturated carbocycles. The molecule has 0 atom stereocenters. The van der Waals surface area contributed by atoms with Gasteiger partial charge in [-0.15, -0.1) is 0 Å². The monoisotopic (exact) mass is 438 g/mol. The van der Waals surface area contributed by atoms with Gasteiger partial charge >= 0.3 is 0 Å². The summed E-state index contributed by atoms with van der Waals surface area (Å²) in [5.41, 5.74) is 0.238. The summed E-state index contributed by atoms with van der Waals surface area (Å²) in [5.74, 6) is -0.549. The van der Waals surface area contributed by atoms with Gasteiger partial charge in [0, 0.05) is 0 Å². The first-order valence-corrected chi connectivity index (χ1v) is 11.5. The van der Waals surface area contributed by atoms with Gasteiger partial charge in [-0.3, -0.25) is 18.7 Å². The van der Waals surface area contributed by atoms with Gasteiger partial charge in [-0.2, -0.15) is 16.8 Å². The molecule has 0 aliphatic heterocycles. The zero-order valence-electron chi connectivity index (χ0n) is 14.9. The highest BCUT2D eigenvalue weighted by Gasteiger charge is 2.12. The van der Waals surface area contributed by atoms with Crippen LogP contribution in [0.1, 0.15) is 46.4 Å². The van der Waals surface area contributed by atoms with Crippen molar-refractivity contribution in [3.8, 4) is 11.5 Å². The number of hydrogen-bond acceptors (Lipinski definition) is 8. The number of carbonyl (C=O) groups excluding carboxylic acids is 2. The van der Waals surface area contributed by atoms with E-state index in [0.29, 0.717) is 25.4 Å². The number of aldehydes is 2. The molecule has 158 valence electrons. The van der Waals surface area contributed by atoms with Crippen LogP contribution in [0.2, 0.25) is 0 Å². The fraction of sp³-hybridized carbons (Fsp3) is 0.500. The zero-order chi connectivity index (χ0) is 21.2. The topological polar surface area (TPSA) is 161 Å². The number of benzene rings is 1. The first-order valence-electron chi connectivity index (χ1n) is 8.30. The quantitative estimate of drug-likeness (QED) is 0.247. The summed E-state index contributed by atoms with van der Waals surface area (Å²) in [5, 5.41) is 0. The van der Waals surface area contributed by atoms with E-state index in [1.54, 1.807) is 0 Å². The maximum Gasteiger partial charge on any atom is 0.264 e. The van der Waals surface area contributed by atoms with Crippen LogP contribution in [0, 0.1) is 0 Å². The van der Waals surface area contributed by atoms with E-state index in [9.17, 15) is 26.4 Å². The second kappa shape index (κ2) is 11.1. The van der Waals surface area contributed by atoms with Gasteiger partial charge in [0.1, 0.15) is 11.5 Å². The van der Waals surface area contributed by atoms with Crippen molar-refractivity contribution in [3.63, 3.8) is 0 Å². The number of rotatable bonds is 14. The predicted molar refractivity (Wildman–Crippen MR) is 99.5 cm³/mol. The molecule has 0 aliphatic carbocycles. The molecule has 12 heteroatoms. The van der Waals surface area contributed by atoms with Gasteiger partial charge in [-0.05, 0) is 37.8 Å². The minimum absolute atomic E-state index is 0.0739. The summed E-state index contributed by atoms with van der Waals surface area (Å²) in [6.45, 7) is 0.148. The number of unbranched alkanes of at least 4 members (excludes halogenated alkanes) is 2. The highest BCUT2D eigenvalue weighted by atomic mass is 32.2. The Hall–Kier alpha value is -2.02. The lowest BCUT2D eigenvalue weighted by Gasteiger charge is -2.13. The maximum atomic E-state index is 11.3. The van der Waals surface area contributed by atoms with Crippen LogP contribution < -0.4 is 9.47 Å². The highest BCUT2D eigenvalue weighted by Crippen LogP contribution is 2.27. The van der Waals surface area contributed by atoms with Gasteiger partial charge in [-0.25, -0.2) is 0 Å². The summed E-state index contributed by atoms with van der Waals surface area (Å²) < 4.78 is 70.6. The molecule has 28 heavy (non-hydrogen) atoms. The molecule has 0 aliphatic rings. The van der Waals surface area contributed by atoms with Crippen molar-refractivity contribution in [2.75, 3.05) is 24.7 Å². The molecule has 1 aromatic carbocycles. The van der Waals surface area contributed by atoms with E-state index in [2.05, 4.69) is 0 Å². The average molecular weight is 438 g/mol. The fourth-order valence-corrected chi connectivity index (χ4v) is 3.30. The third kappa shape index (κ3) is 9.78. The van der Waals surface area contributed by atoms with E-state index in [1.165, 1.54) is 12.1 Å². The molecule has 0 bridgehead atoms. The van der Waals surface area contributed by atoms with Gasteiger partial charge in [-0.1, -0.05) is 0 Å². The van der Waals surface area contributed by atoms with Crippen LogP contribution in [0.15, 0.2) is 12.1 Å². The maximum absolute atomic E-state index is 11.3. The van der Waals surface area contributed by atoms with E-state index in [4.69, 9.17) is 18.6 Å². The normalized spacial score (nSPS) is 11.8. The molecule has 1 rings (SSSR count). The van der Waals surface area contributed by atoms with Gasteiger partial charge < -0.3 is 9.47 Å². The highest BCUT2D eigenvalue weighted by molar-refractivity contribution is 7.86. The summed E-state index contributed by atoms with van der Waals surface area (Å²) in [7, 11) is -8.08. The van der Waals surface area contributed by atoms with Crippen LogP contribution in [-0.4, -0.2) is 63.2 Å². The molecular weight excluding hydrogens is 416 g/mol. The van der Waals surface area contributed by atoms with Gasteiger partial charge in [0.05, 0.1) is 35.8 Å². The van der Waals surface area contributed by atoms with Crippen molar-refractivity contribution >= 4 is 32.8 Å². The Morgan fingerprint density at radius 1 is 0.714 bits per heavy atom. The van der Waals surface area contributed by atoms with Crippen molar-refractivity contribution in [2.45, 2.75) is 25.7 Å². The minimum Gasteiger partial charge on any atom is -0.493 e. The standard InChI is InChI=1S/C16H22O10S2/c17-11-13-10-16(26-6-2-4-8-28(22,23)24)14(12-18)9-15(13)25-5-1-3-7-27(19,20)21/h9-12H,1-8H2,(H,19,20,21)(H,22,23,24). The van der Waals surface area contributed by atoms with Crippen LogP contribution in [0.3, 0.4) is 0 Å². The molecule has 2 N–H and O–H groups in total. The van der Waals surface area contributed by atoms with E-state index < -0.39 is 31.7 Å². The van der Waals surface area contributed by atoms with Crippen LogP contribution in [0.4, 0.5) is 0 Å². The number of carbonyl (C=O) groups is 2. The second-order valence-corrected chi connectivity index (χ2v) is 8.99. The van der Waals surface area contributed by atoms with E-state index in [0.717, 1.165) is 0 Å². The minimum atomic E-state index is -4.04. The van der Waals surface area contributed by atoms with Crippen molar-refractivity contribution in [2.24, 2.45) is 0 Å². The predicted octanol–water partition coefficient (Wildman–Crippen LogP) is 1.41. The molecule has 0 unspecified atom stereocenters. The van der Waals surface area contributed by atoms with Crippen LogP contribution in [-0.2, 0) is 20.2 Å². The van der Waals surface area contributed by atoms with E-state index in [1.807, 2.05) is 0 Å². The second-order valence-electron chi connectivity index (χ2n) is 5.85. The molecule has 10 nitrogen and oxygen atoms in total. The molecule has 0 aromatic heterocycles. The van der Waals surface area contributed by atoms with Crippen molar-refractivity contribution in [1.29, 1.82) is 0 Å². The molecule has 0 spiro atoms. The molecule has 1 aromatic rings. The first kappa shape index (κ1) is 24.0. The Balaban J connectivity index is 2.66. The Morgan fingerprint density at radius 2 is 1.07 bits per heavy atom. The number of ether oxygens (including phenoxy) is 2. The third-order valence-electron chi connectivity index (χ3n) is 3.50. The summed E-state index contributed by atoms with van der Waals surface area (Å²) >= 11 is 0. The molecule has 0 fully saturated rings. The summed E-state index contributed by atoms with van der Waals surface area (Å²) in [6.07, 6.45) is 1.96. The fourth-order valence-electron chi connectivity index (χ4n) is 2.16. The van der Waals surface area contributed by atoms with Crippen LogP contribution in [0.5, 0.6) is 11.5 Å². The summed E-state index contributed by atoms with van der Waals surface area (Å²) in [4.78, 5) is 22.5.